The summed E-state index contributed by atoms with van der Waals surface area (Å²) < 4.78 is 1.16. The number of hydrogen-bond donors (Lipinski definition) is 1. The van der Waals surface area contributed by atoms with Crippen molar-refractivity contribution in [2.75, 3.05) is 20.6 Å². The van der Waals surface area contributed by atoms with Gasteiger partial charge in [0.05, 0.1) is 0 Å². The van der Waals surface area contributed by atoms with Gasteiger partial charge >= 0.3 is 0 Å². The van der Waals surface area contributed by atoms with Crippen LogP contribution < -0.4 is 5.32 Å². The Kier molecular flexibility index (Phi) is 7.21. The molecule has 1 aromatic carbocycles. The molecule has 1 aliphatic rings. The van der Waals surface area contributed by atoms with Gasteiger partial charge in [-0.2, -0.15) is 0 Å². The molecule has 0 aliphatic heterocycles. The standard InChI is InChI=1S/C18H29BrN2/c1-20-18(15-8-7-9-16(19)14-15)12-13-21(2)17-10-5-3-4-6-11-17/h7-9,14,17-18,20H,3-6,10-13H2,1-2H3. The van der Waals surface area contributed by atoms with E-state index < -0.39 is 0 Å². The molecule has 21 heavy (non-hydrogen) atoms. The van der Waals surface area contributed by atoms with Crippen molar-refractivity contribution in [3.8, 4) is 0 Å². The molecule has 1 atom stereocenters. The van der Waals surface area contributed by atoms with Crippen molar-refractivity contribution in [3.05, 3.63) is 34.3 Å². The SMILES string of the molecule is CNC(CCN(C)C1CCCCCC1)c1cccc(Br)c1. The van der Waals surface area contributed by atoms with E-state index in [0.717, 1.165) is 10.5 Å². The number of rotatable bonds is 6. The zero-order valence-electron chi connectivity index (χ0n) is 13.4. The minimum atomic E-state index is 0.440. The summed E-state index contributed by atoms with van der Waals surface area (Å²) in [6, 6.07) is 9.90. The Morgan fingerprint density at radius 3 is 2.57 bits per heavy atom. The second-order valence-electron chi connectivity index (χ2n) is 6.31. The Morgan fingerprint density at radius 2 is 1.95 bits per heavy atom. The molecule has 1 unspecified atom stereocenters. The zero-order valence-corrected chi connectivity index (χ0v) is 15.0. The summed E-state index contributed by atoms with van der Waals surface area (Å²) in [5.41, 5.74) is 1.38. The Bertz CT molecular complexity index is 413. The van der Waals surface area contributed by atoms with Gasteiger partial charge in [0.2, 0.25) is 0 Å². The normalized spacial score (nSPS) is 18.7. The Labute approximate surface area is 138 Å². The predicted octanol–water partition coefficient (Wildman–Crippen LogP) is 4.75. The fourth-order valence-electron chi connectivity index (χ4n) is 3.41. The Balaban J connectivity index is 1.87. The van der Waals surface area contributed by atoms with Crippen molar-refractivity contribution in [3.63, 3.8) is 0 Å². The van der Waals surface area contributed by atoms with Gasteiger partial charge in [-0.05, 0) is 57.6 Å². The molecule has 0 spiro atoms. The maximum absolute atomic E-state index is 3.57. The molecule has 0 amide bonds. The van der Waals surface area contributed by atoms with Crippen LogP contribution in [0.2, 0.25) is 0 Å². The Morgan fingerprint density at radius 1 is 1.24 bits per heavy atom. The molecule has 118 valence electrons. The Hall–Kier alpha value is -0.380. The molecular weight excluding hydrogens is 324 g/mol. The van der Waals surface area contributed by atoms with Gasteiger partial charge in [-0.15, -0.1) is 0 Å². The van der Waals surface area contributed by atoms with Gasteiger partial charge in [-0.25, -0.2) is 0 Å². The van der Waals surface area contributed by atoms with Crippen LogP contribution in [-0.2, 0) is 0 Å². The fraction of sp³-hybridized carbons (Fsp3) is 0.667. The number of benzene rings is 1. The molecule has 1 fully saturated rings. The van der Waals surface area contributed by atoms with E-state index in [0.29, 0.717) is 6.04 Å². The van der Waals surface area contributed by atoms with Gasteiger partial charge in [0.15, 0.2) is 0 Å². The first-order chi connectivity index (χ1) is 10.2. The van der Waals surface area contributed by atoms with Crippen LogP contribution in [0.25, 0.3) is 0 Å². The number of nitrogens with zero attached hydrogens (tertiary/aromatic N) is 1. The van der Waals surface area contributed by atoms with E-state index in [1.807, 2.05) is 0 Å². The molecule has 0 bridgehead atoms. The van der Waals surface area contributed by atoms with Gasteiger partial charge in [0.25, 0.3) is 0 Å². The van der Waals surface area contributed by atoms with Crippen molar-refractivity contribution >= 4 is 15.9 Å². The van der Waals surface area contributed by atoms with E-state index in [9.17, 15) is 0 Å². The van der Waals surface area contributed by atoms with Crippen molar-refractivity contribution in [1.29, 1.82) is 0 Å². The van der Waals surface area contributed by atoms with Crippen LogP contribution in [0.5, 0.6) is 0 Å². The number of nitrogens with one attached hydrogen (secondary N) is 1. The lowest BCUT2D eigenvalue weighted by Gasteiger charge is -2.29. The van der Waals surface area contributed by atoms with Crippen LogP contribution >= 0.6 is 15.9 Å². The fourth-order valence-corrected chi connectivity index (χ4v) is 3.83. The highest BCUT2D eigenvalue weighted by atomic mass is 79.9. The molecule has 1 N–H and O–H groups in total. The monoisotopic (exact) mass is 352 g/mol. The summed E-state index contributed by atoms with van der Waals surface area (Å²) >= 11 is 3.57. The van der Waals surface area contributed by atoms with Crippen molar-refractivity contribution in [1.82, 2.24) is 10.2 Å². The van der Waals surface area contributed by atoms with Crippen molar-refractivity contribution in [2.24, 2.45) is 0 Å². The van der Waals surface area contributed by atoms with Crippen LogP contribution in [-0.4, -0.2) is 31.6 Å². The maximum Gasteiger partial charge on any atom is 0.0330 e. The van der Waals surface area contributed by atoms with Crippen molar-refractivity contribution < 1.29 is 0 Å². The first-order valence-electron chi connectivity index (χ1n) is 8.33. The highest BCUT2D eigenvalue weighted by Gasteiger charge is 2.18. The molecule has 3 heteroatoms. The lowest BCUT2D eigenvalue weighted by Crippen LogP contribution is -2.34. The van der Waals surface area contributed by atoms with E-state index in [2.05, 4.69) is 64.5 Å². The summed E-state index contributed by atoms with van der Waals surface area (Å²) in [6.45, 7) is 1.17. The third kappa shape index (κ3) is 5.39. The van der Waals surface area contributed by atoms with Gasteiger partial charge in [0.1, 0.15) is 0 Å². The molecule has 0 heterocycles. The third-order valence-corrected chi connectivity index (χ3v) is 5.31. The summed E-state index contributed by atoms with van der Waals surface area (Å²) in [6.07, 6.45) is 9.63. The van der Waals surface area contributed by atoms with E-state index in [1.54, 1.807) is 0 Å². The van der Waals surface area contributed by atoms with Crippen LogP contribution in [0.15, 0.2) is 28.7 Å². The second-order valence-corrected chi connectivity index (χ2v) is 7.23. The number of halogens is 1. The van der Waals surface area contributed by atoms with E-state index in [1.165, 1.54) is 57.1 Å². The zero-order chi connectivity index (χ0) is 15.1. The lowest BCUT2D eigenvalue weighted by molar-refractivity contribution is 0.211. The minimum Gasteiger partial charge on any atom is -0.313 e. The van der Waals surface area contributed by atoms with Crippen LogP contribution in [0.1, 0.15) is 56.6 Å². The predicted molar refractivity (Wildman–Crippen MR) is 94.7 cm³/mol. The van der Waals surface area contributed by atoms with E-state index >= 15 is 0 Å². The van der Waals surface area contributed by atoms with Crippen LogP contribution in [0.4, 0.5) is 0 Å². The highest BCUT2D eigenvalue weighted by molar-refractivity contribution is 9.10. The van der Waals surface area contributed by atoms with Gasteiger partial charge in [-0.3, -0.25) is 0 Å². The van der Waals surface area contributed by atoms with E-state index in [4.69, 9.17) is 0 Å². The van der Waals surface area contributed by atoms with Gasteiger partial charge < -0.3 is 10.2 Å². The smallest absolute Gasteiger partial charge is 0.0330 e. The molecule has 0 radical (unpaired) electrons. The molecule has 2 rings (SSSR count). The third-order valence-electron chi connectivity index (χ3n) is 4.82. The largest absolute Gasteiger partial charge is 0.313 e. The first kappa shape index (κ1) is 17.0. The second kappa shape index (κ2) is 8.92. The molecule has 1 aromatic rings. The molecule has 2 nitrogen and oxygen atoms in total. The first-order valence-corrected chi connectivity index (χ1v) is 9.13. The average molecular weight is 353 g/mol. The maximum atomic E-state index is 3.57. The number of hydrogen-bond acceptors (Lipinski definition) is 2. The van der Waals surface area contributed by atoms with Crippen LogP contribution in [0.3, 0.4) is 0 Å². The minimum absolute atomic E-state index is 0.440. The molecule has 1 aliphatic carbocycles. The van der Waals surface area contributed by atoms with Gasteiger partial charge in [0, 0.05) is 16.6 Å². The van der Waals surface area contributed by atoms with Gasteiger partial charge in [-0.1, -0.05) is 53.7 Å². The van der Waals surface area contributed by atoms with E-state index in [-0.39, 0.29) is 0 Å². The summed E-state index contributed by atoms with van der Waals surface area (Å²) in [5.74, 6) is 0. The highest BCUT2D eigenvalue weighted by Crippen LogP contribution is 2.24. The molecule has 1 saturated carbocycles. The lowest BCUT2D eigenvalue weighted by atomic mass is 10.0. The topological polar surface area (TPSA) is 15.3 Å². The summed E-state index contributed by atoms with van der Waals surface area (Å²) in [4.78, 5) is 2.59. The summed E-state index contributed by atoms with van der Waals surface area (Å²) in [7, 11) is 4.38. The van der Waals surface area contributed by atoms with Crippen molar-refractivity contribution in [2.45, 2.75) is 57.0 Å². The molecular formula is C18H29BrN2. The average Bonchev–Trinajstić information content (AvgIpc) is 2.77. The summed E-state index contributed by atoms with van der Waals surface area (Å²) in [5, 5.41) is 3.47. The molecule has 0 saturated heterocycles. The van der Waals surface area contributed by atoms with Crippen LogP contribution in [0, 0.1) is 0 Å². The quantitative estimate of drug-likeness (QED) is 0.742. The molecule has 0 aromatic heterocycles.